The lowest BCUT2D eigenvalue weighted by Gasteiger charge is -2.19. The van der Waals surface area contributed by atoms with E-state index in [0.29, 0.717) is 0 Å². The molecule has 2 aliphatic rings. The number of carbonyl (C=O) groups is 1. The molecule has 1 N–H and O–H groups in total. The van der Waals surface area contributed by atoms with Crippen molar-refractivity contribution in [2.75, 3.05) is 0 Å². The van der Waals surface area contributed by atoms with Crippen molar-refractivity contribution in [3.63, 3.8) is 0 Å². The highest BCUT2D eigenvalue weighted by Crippen LogP contribution is 2.39. The van der Waals surface area contributed by atoms with E-state index in [1.54, 1.807) is 0 Å². The first-order valence-electron chi connectivity index (χ1n) is 5.94. The van der Waals surface area contributed by atoms with Gasteiger partial charge in [-0.3, -0.25) is 4.79 Å². The third kappa shape index (κ3) is 2.13. The van der Waals surface area contributed by atoms with E-state index in [1.807, 2.05) is 5.41 Å². The number of nitrogens with zero attached hydrogens (tertiary/aromatic N) is 1. The van der Waals surface area contributed by atoms with Gasteiger partial charge in [-0.1, -0.05) is 30.0 Å². The van der Waals surface area contributed by atoms with Gasteiger partial charge in [-0.15, -0.1) is 0 Å². The Hall–Kier alpha value is -1.46. The Bertz CT molecular complexity index is 661. The summed E-state index contributed by atoms with van der Waals surface area (Å²) in [6.45, 7) is 4.15. The largest absolute Gasteiger partial charge is 0.300 e. The number of hydrogen-bond donors (Lipinski definition) is 1. The monoisotopic (exact) mass is 288 g/mol. The molecule has 0 fully saturated rings. The number of carbonyl (C=O) groups excluding carboxylic acids is 1. The van der Waals surface area contributed by atoms with Crippen molar-refractivity contribution in [1.29, 1.82) is 0 Å². The van der Waals surface area contributed by atoms with Crippen molar-refractivity contribution in [2.24, 2.45) is 10.9 Å². The van der Waals surface area contributed by atoms with Crippen molar-refractivity contribution in [2.45, 2.75) is 13.8 Å². The molecule has 2 heterocycles. The van der Waals surface area contributed by atoms with E-state index in [-0.39, 0.29) is 16.9 Å². The van der Waals surface area contributed by atoms with Gasteiger partial charge in [0.25, 0.3) is 0 Å². The van der Waals surface area contributed by atoms with Gasteiger partial charge in [0, 0.05) is 0 Å². The van der Waals surface area contributed by atoms with Crippen LogP contribution in [0.3, 0.4) is 0 Å². The predicted octanol–water partition coefficient (Wildman–Crippen LogP) is 2.82. The fourth-order valence-corrected chi connectivity index (χ4v) is 3.49. The summed E-state index contributed by atoms with van der Waals surface area (Å²) in [5, 5.41) is 5.67. The molecule has 0 bridgehead atoms. The molecule has 3 nitrogen and oxygen atoms in total. The molecule has 0 saturated heterocycles. The Morgan fingerprint density at radius 1 is 1.32 bits per heavy atom. The van der Waals surface area contributed by atoms with Gasteiger partial charge in [0.2, 0.25) is 5.91 Å². The van der Waals surface area contributed by atoms with Crippen molar-refractivity contribution in [3.05, 3.63) is 40.3 Å². The van der Waals surface area contributed by atoms with E-state index in [2.05, 4.69) is 42.4 Å². The number of fused-ring (bicyclic) bond motifs is 1. The summed E-state index contributed by atoms with van der Waals surface area (Å²) < 4.78 is 0. The second-order valence-corrected chi connectivity index (χ2v) is 5.94. The van der Waals surface area contributed by atoms with Crippen LogP contribution in [-0.4, -0.2) is 16.1 Å². The quantitative estimate of drug-likeness (QED) is 0.808. The highest BCUT2D eigenvalue weighted by atomic mass is 32.2. The summed E-state index contributed by atoms with van der Waals surface area (Å²) in [7, 11) is 0. The SMILES string of the molecule is Cc1ccc(C2=CSC3=NC(=S)NC(=O)C23)cc1C. The molecule has 19 heavy (non-hydrogen) atoms. The Balaban J connectivity index is 2.03. The molecule has 1 aromatic rings. The van der Waals surface area contributed by atoms with Gasteiger partial charge in [-0.25, -0.2) is 4.99 Å². The van der Waals surface area contributed by atoms with Gasteiger partial charge < -0.3 is 5.32 Å². The number of nitrogens with one attached hydrogen (secondary N) is 1. The number of rotatable bonds is 1. The lowest BCUT2D eigenvalue weighted by atomic mass is 9.91. The molecule has 1 amide bonds. The third-order valence-electron chi connectivity index (χ3n) is 3.41. The topological polar surface area (TPSA) is 41.5 Å². The van der Waals surface area contributed by atoms with Crippen LogP contribution in [0.1, 0.15) is 16.7 Å². The summed E-state index contributed by atoms with van der Waals surface area (Å²) in [4.78, 5) is 16.3. The maximum atomic E-state index is 12.1. The molecule has 2 aliphatic heterocycles. The smallest absolute Gasteiger partial charge is 0.240 e. The fraction of sp³-hybridized carbons (Fsp3) is 0.214. The van der Waals surface area contributed by atoms with Crippen molar-refractivity contribution < 1.29 is 4.79 Å². The molecule has 3 rings (SSSR count). The van der Waals surface area contributed by atoms with E-state index in [0.717, 1.165) is 16.2 Å². The minimum atomic E-state index is -0.307. The summed E-state index contributed by atoms with van der Waals surface area (Å²) >= 11 is 6.43. The van der Waals surface area contributed by atoms with Crippen molar-refractivity contribution in [1.82, 2.24) is 5.32 Å². The first-order valence-corrected chi connectivity index (χ1v) is 7.23. The molecule has 0 saturated carbocycles. The van der Waals surface area contributed by atoms with Gasteiger partial charge in [0.1, 0.15) is 5.92 Å². The summed E-state index contributed by atoms with van der Waals surface area (Å²) in [6, 6.07) is 6.25. The van der Waals surface area contributed by atoms with Gasteiger partial charge >= 0.3 is 0 Å². The van der Waals surface area contributed by atoms with Crippen LogP contribution in [-0.2, 0) is 4.79 Å². The molecule has 0 spiro atoms. The first-order chi connectivity index (χ1) is 9.06. The van der Waals surface area contributed by atoms with Gasteiger partial charge in [-0.2, -0.15) is 0 Å². The fourth-order valence-electron chi connectivity index (χ4n) is 2.20. The molecular formula is C14H12N2OS2. The zero-order chi connectivity index (χ0) is 13.6. The zero-order valence-corrected chi connectivity index (χ0v) is 12.2. The average molecular weight is 288 g/mol. The minimum absolute atomic E-state index is 0.0792. The zero-order valence-electron chi connectivity index (χ0n) is 10.6. The number of aryl methyl sites for hydroxylation is 2. The number of aliphatic imine (C=N–C) groups is 1. The van der Waals surface area contributed by atoms with Crippen LogP contribution in [0.2, 0.25) is 0 Å². The van der Waals surface area contributed by atoms with Crippen LogP contribution in [0.25, 0.3) is 5.57 Å². The predicted molar refractivity (Wildman–Crippen MR) is 83.1 cm³/mol. The number of thioether (sulfide) groups is 1. The Morgan fingerprint density at radius 3 is 2.84 bits per heavy atom. The highest BCUT2D eigenvalue weighted by Gasteiger charge is 2.37. The van der Waals surface area contributed by atoms with Gasteiger partial charge in [0.05, 0.1) is 5.04 Å². The molecule has 96 valence electrons. The maximum absolute atomic E-state index is 12.1. The van der Waals surface area contributed by atoms with Crippen molar-refractivity contribution in [3.8, 4) is 0 Å². The number of amides is 1. The van der Waals surface area contributed by atoms with Crippen molar-refractivity contribution >= 4 is 45.6 Å². The summed E-state index contributed by atoms with van der Waals surface area (Å²) in [6.07, 6.45) is 0. The molecule has 0 aliphatic carbocycles. The van der Waals surface area contributed by atoms with E-state index < -0.39 is 0 Å². The number of hydrogen-bond acceptors (Lipinski definition) is 3. The van der Waals surface area contributed by atoms with Crippen LogP contribution in [0.15, 0.2) is 28.6 Å². The maximum Gasteiger partial charge on any atom is 0.240 e. The molecular weight excluding hydrogens is 276 g/mol. The van der Waals surface area contributed by atoms with E-state index in [4.69, 9.17) is 12.2 Å². The summed E-state index contributed by atoms with van der Waals surface area (Å²) in [5.41, 5.74) is 4.55. The van der Waals surface area contributed by atoms with Crippen LogP contribution in [0.5, 0.6) is 0 Å². The normalized spacial score (nSPS) is 21.7. The molecule has 5 heteroatoms. The number of thiocarbonyl (C=S) groups is 1. The van der Waals surface area contributed by atoms with Gasteiger partial charge in [-0.05, 0) is 53.7 Å². The molecule has 1 aromatic carbocycles. The second kappa shape index (κ2) is 4.58. The highest BCUT2D eigenvalue weighted by molar-refractivity contribution is 8.17. The minimum Gasteiger partial charge on any atom is -0.300 e. The Labute approximate surface area is 121 Å². The van der Waals surface area contributed by atoms with Crippen LogP contribution < -0.4 is 5.32 Å². The molecule has 1 atom stereocenters. The molecule has 0 aromatic heterocycles. The van der Waals surface area contributed by atoms with E-state index >= 15 is 0 Å². The lowest BCUT2D eigenvalue weighted by Crippen LogP contribution is -2.41. The molecule has 0 radical (unpaired) electrons. The third-order valence-corrected chi connectivity index (χ3v) is 4.54. The standard InChI is InChI=1S/C14H12N2OS2/c1-7-3-4-9(5-8(7)2)10-6-19-13-11(10)12(17)15-14(18)16-13/h3-6,11H,1-2H3,(H,15,17,18). The van der Waals surface area contributed by atoms with E-state index in [1.165, 1.54) is 22.9 Å². The van der Waals surface area contributed by atoms with Crippen LogP contribution >= 0.6 is 24.0 Å². The second-order valence-electron chi connectivity index (χ2n) is 4.67. The Kier molecular flexibility index (Phi) is 3.03. The average Bonchev–Trinajstić information content (AvgIpc) is 2.76. The lowest BCUT2D eigenvalue weighted by molar-refractivity contribution is -0.120. The van der Waals surface area contributed by atoms with E-state index in [9.17, 15) is 4.79 Å². The number of benzene rings is 1. The van der Waals surface area contributed by atoms with Gasteiger partial charge in [0.15, 0.2) is 5.11 Å². The molecule has 1 unspecified atom stereocenters. The van der Waals surface area contributed by atoms with Crippen LogP contribution in [0, 0.1) is 19.8 Å². The Morgan fingerprint density at radius 2 is 2.11 bits per heavy atom. The summed E-state index contributed by atoms with van der Waals surface area (Å²) in [5.74, 6) is -0.386. The first kappa shape index (κ1) is 12.6. The van der Waals surface area contributed by atoms with Crippen LogP contribution in [0.4, 0.5) is 0 Å².